The lowest BCUT2D eigenvalue weighted by molar-refractivity contribution is -0.142. The van der Waals surface area contributed by atoms with E-state index in [-0.39, 0.29) is 23.9 Å². The predicted octanol–water partition coefficient (Wildman–Crippen LogP) is 9.10. The number of nitrogens with one attached hydrogen (secondary N) is 2. The van der Waals surface area contributed by atoms with Gasteiger partial charge in [0.2, 0.25) is 11.8 Å². The van der Waals surface area contributed by atoms with E-state index in [1.807, 2.05) is 69.0 Å². The van der Waals surface area contributed by atoms with E-state index in [1.165, 1.54) is 24.1 Å². The van der Waals surface area contributed by atoms with Crippen LogP contribution >= 0.6 is 22.7 Å². The van der Waals surface area contributed by atoms with Crippen LogP contribution in [0.1, 0.15) is 114 Å². The van der Waals surface area contributed by atoms with E-state index in [9.17, 15) is 19.2 Å². The largest absolute Gasteiger partial charge is 0.469 e. The molecule has 5 heterocycles. The van der Waals surface area contributed by atoms with Gasteiger partial charge in [0.1, 0.15) is 29.0 Å². The van der Waals surface area contributed by atoms with Crippen LogP contribution in [0.15, 0.2) is 71.2 Å². The number of ether oxygens (including phenoxy) is 1. The summed E-state index contributed by atoms with van der Waals surface area (Å²) in [6.45, 7) is 15.3. The smallest absolute Gasteiger partial charge is 0.308 e. The normalized spacial score (nSPS) is 16.6. The first-order valence-corrected chi connectivity index (χ1v) is 23.8. The molecule has 0 spiro atoms. The maximum atomic E-state index is 16.1. The van der Waals surface area contributed by atoms with Crippen LogP contribution in [0, 0.1) is 44.7 Å². The predicted molar refractivity (Wildman–Crippen MR) is 255 cm³/mol. The van der Waals surface area contributed by atoms with Gasteiger partial charge in [-0.15, -0.1) is 32.9 Å². The minimum atomic E-state index is -1.37. The minimum Gasteiger partial charge on any atom is -0.469 e. The van der Waals surface area contributed by atoms with Crippen molar-refractivity contribution >= 4 is 52.1 Å². The third-order valence-corrected chi connectivity index (χ3v) is 14.8. The summed E-state index contributed by atoms with van der Waals surface area (Å²) in [4.78, 5) is 67.5. The van der Waals surface area contributed by atoms with Crippen LogP contribution < -0.4 is 10.6 Å². The van der Waals surface area contributed by atoms with Crippen LogP contribution in [-0.4, -0.2) is 79.8 Å². The summed E-state index contributed by atoms with van der Waals surface area (Å²) in [5, 5.41) is 15.3. The Kier molecular flexibility index (Phi) is 13.1. The molecular formula is C50H52F2N8O5S2. The number of likely N-dealkylation sites (tertiary alicyclic amines) is 1. The van der Waals surface area contributed by atoms with Gasteiger partial charge in [0.15, 0.2) is 17.5 Å². The fraction of sp³-hybridized carbons (Fsp3) is 0.360. The Morgan fingerprint density at radius 2 is 1.58 bits per heavy atom. The van der Waals surface area contributed by atoms with Gasteiger partial charge in [-0.25, -0.2) is 13.8 Å². The number of thiazole rings is 1. The van der Waals surface area contributed by atoms with E-state index >= 15 is 8.78 Å². The summed E-state index contributed by atoms with van der Waals surface area (Å²) >= 11 is 3.13. The molecule has 1 fully saturated rings. The van der Waals surface area contributed by atoms with Crippen molar-refractivity contribution in [3.63, 3.8) is 0 Å². The zero-order valence-corrected chi connectivity index (χ0v) is 40.4. The molecule has 6 aromatic rings. The zero-order chi connectivity index (χ0) is 48.1. The Balaban J connectivity index is 0.992. The third-order valence-electron chi connectivity index (χ3n) is 12.6. The van der Waals surface area contributed by atoms with E-state index in [1.54, 1.807) is 67.7 Å². The molecule has 13 nitrogen and oxygen atoms in total. The summed E-state index contributed by atoms with van der Waals surface area (Å²) in [6, 6.07) is 14.3. The Bertz CT molecular complexity index is 2930. The van der Waals surface area contributed by atoms with Crippen LogP contribution in [0.4, 0.5) is 8.78 Å². The molecule has 0 bridgehead atoms. The van der Waals surface area contributed by atoms with E-state index in [0.717, 1.165) is 42.7 Å². The molecule has 3 amide bonds. The number of hydrogen-bond acceptors (Lipinski definition) is 11. The first-order chi connectivity index (χ1) is 31.9. The van der Waals surface area contributed by atoms with Crippen LogP contribution in [0.5, 0.6) is 0 Å². The van der Waals surface area contributed by atoms with E-state index in [2.05, 4.69) is 25.8 Å². The van der Waals surface area contributed by atoms with Gasteiger partial charge >= 0.3 is 5.97 Å². The van der Waals surface area contributed by atoms with E-state index in [0.29, 0.717) is 47.9 Å². The molecule has 67 heavy (non-hydrogen) atoms. The second-order valence-electron chi connectivity index (χ2n) is 18.1. The highest BCUT2D eigenvalue weighted by Crippen LogP contribution is 2.40. The first kappa shape index (κ1) is 47.0. The average molecular weight is 947 g/mol. The third kappa shape index (κ3) is 9.06. The van der Waals surface area contributed by atoms with Crippen molar-refractivity contribution in [2.75, 3.05) is 13.7 Å². The molecule has 0 saturated carbocycles. The summed E-state index contributed by atoms with van der Waals surface area (Å²) in [6.07, 6.45) is 0.942. The average Bonchev–Trinajstić information content (AvgIpc) is 4.10. The van der Waals surface area contributed by atoms with Crippen molar-refractivity contribution in [2.45, 2.75) is 98.8 Å². The molecule has 8 rings (SSSR count). The molecule has 1 saturated heterocycles. The Labute approximate surface area is 395 Å². The van der Waals surface area contributed by atoms with Crippen molar-refractivity contribution in [3.8, 4) is 26.6 Å². The zero-order valence-electron chi connectivity index (χ0n) is 38.8. The number of carbonyl (C=O) groups is 4. The summed E-state index contributed by atoms with van der Waals surface area (Å²) in [7, 11) is 1.31. The summed E-state index contributed by atoms with van der Waals surface area (Å²) in [5.41, 5.74) is 6.65. The van der Waals surface area contributed by atoms with Crippen LogP contribution in [-0.2, 0) is 19.1 Å². The monoisotopic (exact) mass is 946 g/mol. The number of methoxy groups -OCH3 is 1. The molecule has 0 radical (unpaired) electrons. The number of carbonyl (C=O) groups excluding carboxylic acids is 4. The number of esters is 1. The summed E-state index contributed by atoms with van der Waals surface area (Å²) in [5.74, 6) is -3.69. The topological polar surface area (TPSA) is 161 Å². The molecule has 2 aliphatic rings. The number of amides is 3. The summed E-state index contributed by atoms with van der Waals surface area (Å²) < 4.78 is 39.1. The van der Waals surface area contributed by atoms with Gasteiger partial charge in [-0.2, -0.15) is 0 Å². The molecule has 3 aromatic carbocycles. The standard InChI is InChI=1S/C50H52F2N8O5S2/c1-25-28(4)67-49-39(25)42(55-36(23-38(61)65-9)45-58-57-29(5)60(45)49)32-16-14-31(15-17-32)34-20-21-35(41(52)40(34)51)46(62)56-44(50(6,7)8)48(64)59-22-10-11-37(59)47(63)54-26(2)30-12-18-33(19-13-30)43-27(3)53-24-66-43/h12-21,24,26,36-37,44H,10-11,22-23H2,1-9H3,(H,54,63)(H,56,62)/t26-,36?,37-,44?/m0/s1. The van der Waals surface area contributed by atoms with Gasteiger partial charge in [-0.3, -0.25) is 28.7 Å². The Hall–Kier alpha value is -6.46. The maximum absolute atomic E-state index is 16.1. The fourth-order valence-electron chi connectivity index (χ4n) is 8.74. The molecular weight excluding hydrogens is 895 g/mol. The molecule has 2 N–H and O–H groups in total. The number of fused-ring (bicyclic) bond motifs is 3. The lowest BCUT2D eigenvalue weighted by Crippen LogP contribution is -2.57. The van der Waals surface area contributed by atoms with Crippen molar-refractivity contribution in [1.82, 2.24) is 35.3 Å². The van der Waals surface area contributed by atoms with Gasteiger partial charge in [0.25, 0.3) is 5.91 Å². The molecule has 2 aliphatic heterocycles. The highest BCUT2D eigenvalue weighted by molar-refractivity contribution is 7.15. The lowest BCUT2D eigenvalue weighted by atomic mass is 9.85. The quantitative estimate of drug-likeness (QED) is 0.122. The van der Waals surface area contributed by atoms with Gasteiger partial charge in [0.05, 0.1) is 46.9 Å². The number of nitrogens with zero attached hydrogens (tertiary/aromatic N) is 6. The number of rotatable bonds is 11. The van der Waals surface area contributed by atoms with Crippen molar-refractivity contribution in [3.05, 3.63) is 128 Å². The van der Waals surface area contributed by atoms with Crippen molar-refractivity contribution in [2.24, 2.45) is 10.4 Å². The number of aromatic nitrogens is 4. The van der Waals surface area contributed by atoms with Gasteiger partial charge in [-0.05, 0) is 81.2 Å². The molecule has 348 valence electrons. The number of aryl methyl sites for hydroxylation is 3. The Morgan fingerprint density at radius 1 is 0.896 bits per heavy atom. The molecule has 2 unspecified atom stereocenters. The second-order valence-corrected chi connectivity index (χ2v) is 20.2. The first-order valence-electron chi connectivity index (χ1n) is 22.1. The number of hydrogen-bond donors (Lipinski definition) is 2. The number of halogens is 2. The fourth-order valence-corrected chi connectivity index (χ4v) is 10.8. The van der Waals surface area contributed by atoms with E-state index in [4.69, 9.17) is 9.73 Å². The molecule has 3 aromatic heterocycles. The Morgan fingerprint density at radius 3 is 2.24 bits per heavy atom. The minimum absolute atomic E-state index is 0.0703. The van der Waals surface area contributed by atoms with Gasteiger partial charge < -0.3 is 20.3 Å². The molecule has 17 heteroatoms. The van der Waals surface area contributed by atoms with E-state index < -0.39 is 58.5 Å². The SMILES string of the molecule is COC(=O)CC1N=C(c2ccc(-c3ccc(C(=O)NC(C(=O)N4CCC[C@H]4C(=O)N[C@@H](C)c4ccc(-c5scnc5C)cc4)C(C)(C)C)c(F)c3F)cc2)c2c(sc(C)c2C)-n2c(C)nnc21. The molecule has 0 aliphatic carbocycles. The van der Waals surface area contributed by atoms with Crippen LogP contribution in [0.3, 0.4) is 0 Å². The van der Waals surface area contributed by atoms with Crippen molar-refractivity contribution < 1.29 is 32.7 Å². The van der Waals surface area contributed by atoms with Crippen molar-refractivity contribution in [1.29, 1.82) is 0 Å². The van der Waals surface area contributed by atoms with Gasteiger partial charge in [0, 0.05) is 28.1 Å². The lowest BCUT2D eigenvalue weighted by Gasteiger charge is -2.35. The maximum Gasteiger partial charge on any atom is 0.308 e. The molecule has 4 atom stereocenters. The van der Waals surface area contributed by atoms with Crippen LogP contribution in [0.25, 0.3) is 26.6 Å². The van der Waals surface area contributed by atoms with Gasteiger partial charge in [-0.1, -0.05) is 75.4 Å². The number of thiophene rings is 1. The highest BCUT2D eigenvalue weighted by Gasteiger charge is 2.43. The number of benzene rings is 3. The van der Waals surface area contributed by atoms with Crippen LogP contribution in [0.2, 0.25) is 0 Å². The highest BCUT2D eigenvalue weighted by atomic mass is 32.1. The second kappa shape index (κ2) is 18.7. The number of aliphatic imine (C=N–C) groups is 1.